The lowest BCUT2D eigenvalue weighted by Gasteiger charge is -2.05. The lowest BCUT2D eigenvalue weighted by Crippen LogP contribution is -2.11. The molecule has 0 unspecified atom stereocenters. The molecule has 2 aromatic rings. The number of rotatable bonds is 8. The van der Waals surface area contributed by atoms with Gasteiger partial charge in [0.2, 0.25) is 5.91 Å². The fourth-order valence-electron chi connectivity index (χ4n) is 2.26. The van der Waals surface area contributed by atoms with Gasteiger partial charge in [-0.15, -0.1) is 0 Å². The molecule has 114 valence electrons. The van der Waals surface area contributed by atoms with Crippen LogP contribution in [0.3, 0.4) is 0 Å². The molecule has 0 spiro atoms. The Hall–Kier alpha value is -2.42. The fraction of sp³-hybridized carbons (Fsp3) is 0.263. The van der Waals surface area contributed by atoms with Crippen molar-refractivity contribution in [3.63, 3.8) is 0 Å². The molecular formula is C19H21NO2. The van der Waals surface area contributed by atoms with Gasteiger partial charge in [-0.05, 0) is 30.5 Å². The Labute approximate surface area is 131 Å². The minimum Gasteiger partial charge on any atom is -0.326 e. The molecule has 0 fully saturated rings. The first-order valence-electron chi connectivity index (χ1n) is 7.64. The van der Waals surface area contributed by atoms with E-state index in [0.717, 1.165) is 24.1 Å². The van der Waals surface area contributed by atoms with E-state index in [0.29, 0.717) is 19.3 Å². The second-order valence-electron chi connectivity index (χ2n) is 5.32. The molecule has 1 N–H and O–H groups in total. The van der Waals surface area contributed by atoms with Crippen molar-refractivity contribution in [2.24, 2.45) is 0 Å². The fourth-order valence-corrected chi connectivity index (χ4v) is 2.26. The number of hydrogen-bond acceptors (Lipinski definition) is 2. The van der Waals surface area contributed by atoms with E-state index in [2.05, 4.69) is 5.32 Å². The van der Waals surface area contributed by atoms with E-state index >= 15 is 0 Å². The topological polar surface area (TPSA) is 46.2 Å². The van der Waals surface area contributed by atoms with Gasteiger partial charge >= 0.3 is 0 Å². The van der Waals surface area contributed by atoms with Gasteiger partial charge in [-0.2, -0.15) is 0 Å². The normalized spacial score (nSPS) is 10.2. The zero-order valence-electron chi connectivity index (χ0n) is 12.6. The average molecular weight is 295 g/mol. The average Bonchev–Trinajstić information content (AvgIpc) is 2.53. The van der Waals surface area contributed by atoms with Crippen LogP contribution >= 0.6 is 0 Å². The number of ketones is 1. The van der Waals surface area contributed by atoms with Gasteiger partial charge in [0.15, 0.2) is 0 Å². The summed E-state index contributed by atoms with van der Waals surface area (Å²) in [5.41, 5.74) is 1.86. The summed E-state index contributed by atoms with van der Waals surface area (Å²) in [6.07, 6.45) is 2.96. The third-order valence-corrected chi connectivity index (χ3v) is 3.41. The molecule has 2 aromatic carbocycles. The molecule has 1 amide bonds. The molecule has 0 saturated carbocycles. The Morgan fingerprint density at radius 1 is 0.773 bits per heavy atom. The van der Waals surface area contributed by atoms with Crippen LogP contribution in [0.4, 0.5) is 5.69 Å². The van der Waals surface area contributed by atoms with Crippen molar-refractivity contribution in [3.8, 4) is 0 Å². The van der Waals surface area contributed by atoms with Gasteiger partial charge in [-0.25, -0.2) is 0 Å². The van der Waals surface area contributed by atoms with Crippen LogP contribution in [0.15, 0.2) is 60.7 Å². The van der Waals surface area contributed by atoms with E-state index in [4.69, 9.17) is 0 Å². The Bertz CT molecular complexity index is 538. The van der Waals surface area contributed by atoms with Crippen LogP contribution in [0.1, 0.15) is 31.2 Å². The van der Waals surface area contributed by atoms with E-state index < -0.39 is 0 Å². The molecule has 0 atom stereocenters. The second-order valence-corrected chi connectivity index (χ2v) is 5.32. The van der Waals surface area contributed by atoms with Crippen LogP contribution in [0, 0.1) is 0 Å². The highest BCUT2D eigenvalue weighted by Gasteiger charge is 2.05. The molecule has 0 heterocycles. The molecule has 0 saturated heterocycles. The Kier molecular flexibility index (Phi) is 6.37. The van der Waals surface area contributed by atoms with E-state index in [1.165, 1.54) is 0 Å². The predicted octanol–water partition coefficient (Wildman–Crippen LogP) is 4.00. The van der Waals surface area contributed by atoms with Crippen molar-refractivity contribution in [1.82, 2.24) is 0 Å². The molecule has 3 heteroatoms. The van der Waals surface area contributed by atoms with Gasteiger partial charge in [0, 0.05) is 24.9 Å². The third-order valence-electron chi connectivity index (χ3n) is 3.41. The molecule has 3 nitrogen and oxygen atoms in total. The first-order chi connectivity index (χ1) is 10.7. The summed E-state index contributed by atoms with van der Waals surface area (Å²) in [6.45, 7) is 0. The zero-order chi connectivity index (χ0) is 15.6. The van der Waals surface area contributed by atoms with Crippen LogP contribution < -0.4 is 5.32 Å². The summed E-state index contributed by atoms with van der Waals surface area (Å²) in [5.74, 6) is 0.233. The van der Waals surface area contributed by atoms with E-state index in [-0.39, 0.29) is 11.7 Å². The predicted molar refractivity (Wildman–Crippen MR) is 88.7 cm³/mol. The highest BCUT2D eigenvalue weighted by atomic mass is 16.1. The highest BCUT2D eigenvalue weighted by Crippen LogP contribution is 2.09. The zero-order valence-corrected chi connectivity index (χ0v) is 12.6. The first kappa shape index (κ1) is 16.0. The maximum absolute atomic E-state index is 11.8. The molecule has 0 aromatic heterocycles. The maximum atomic E-state index is 11.8. The van der Waals surface area contributed by atoms with Gasteiger partial charge in [-0.1, -0.05) is 48.5 Å². The molecule has 0 radical (unpaired) electrons. The van der Waals surface area contributed by atoms with Crippen LogP contribution in [-0.4, -0.2) is 11.7 Å². The van der Waals surface area contributed by atoms with Gasteiger partial charge in [-0.3, -0.25) is 9.59 Å². The number of amides is 1. The number of Topliss-reactive ketones (excluding diaryl/α,β-unsaturated/α-hetero) is 1. The van der Waals surface area contributed by atoms with Crippen molar-refractivity contribution in [1.29, 1.82) is 0 Å². The maximum Gasteiger partial charge on any atom is 0.224 e. The van der Waals surface area contributed by atoms with E-state index in [9.17, 15) is 9.59 Å². The molecule has 2 rings (SSSR count). The van der Waals surface area contributed by atoms with Gasteiger partial charge < -0.3 is 5.32 Å². The standard InChI is InChI=1S/C19H21NO2/c21-18(15-16-9-3-1-4-10-16)13-7-8-14-19(22)20-17-11-5-2-6-12-17/h1-6,9-12H,7-8,13-15H2,(H,20,22). The number of carbonyl (C=O) groups is 2. The van der Waals surface area contributed by atoms with Crippen molar-refractivity contribution < 1.29 is 9.59 Å². The van der Waals surface area contributed by atoms with Gasteiger partial charge in [0.25, 0.3) is 0 Å². The number of unbranched alkanes of at least 4 members (excludes halogenated alkanes) is 1. The summed E-state index contributed by atoms with van der Waals surface area (Å²) in [5, 5.41) is 2.85. The van der Waals surface area contributed by atoms with Gasteiger partial charge in [0.1, 0.15) is 5.78 Å². The van der Waals surface area contributed by atoms with Crippen LogP contribution in [0.5, 0.6) is 0 Å². The molecule has 0 bridgehead atoms. The number of benzene rings is 2. The number of anilines is 1. The lowest BCUT2D eigenvalue weighted by molar-refractivity contribution is -0.119. The Morgan fingerprint density at radius 3 is 2.05 bits per heavy atom. The highest BCUT2D eigenvalue weighted by molar-refractivity contribution is 5.90. The minimum atomic E-state index is 0.00158. The van der Waals surface area contributed by atoms with Crippen molar-refractivity contribution in [2.45, 2.75) is 32.1 Å². The van der Waals surface area contributed by atoms with Crippen LogP contribution in [0.2, 0.25) is 0 Å². The van der Waals surface area contributed by atoms with Crippen molar-refractivity contribution >= 4 is 17.4 Å². The number of carbonyl (C=O) groups excluding carboxylic acids is 2. The monoisotopic (exact) mass is 295 g/mol. The first-order valence-corrected chi connectivity index (χ1v) is 7.64. The lowest BCUT2D eigenvalue weighted by atomic mass is 10.0. The summed E-state index contributed by atoms with van der Waals surface area (Å²) in [7, 11) is 0. The molecule has 0 aliphatic heterocycles. The Balaban J connectivity index is 1.60. The van der Waals surface area contributed by atoms with E-state index in [1.54, 1.807) is 0 Å². The summed E-state index contributed by atoms with van der Waals surface area (Å²) < 4.78 is 0. The number of para-hydroxylation sites is 1. The SMILES string of the molecule is O=C(CCCCC(=O)Nc1ccccc1)Cc1ccccc1. The van der Waals surface area contributed by atoms with Crippen molar-refractivity contribution in [2.75, 3.05) is 5.32 Å². The summed E-state index contributed by atoms with van der Waals surface area (Å²) in [6, 6.07) is 19.2. The molecule has 0 aliphatic carbocycles. The molecule has 0 aliphatic rings. The summed E-state index contributed by atoms with van der Waals surface area (Å²) in [4.78, 5) is 23.6. The summed E-state index contributed by atoms with van der Waals surface area (Å²) >= 11 is 0. The minimum absolute atomic E-state index is 0.00158. The smallest absolute Gasteiger partial charge is 0.224 e. The number of nitrogens with one attached hydrogen (secondary N) is 1. The van der Waals surface area contributed by atoms with Crippen LogP contribution in [0.25, 0.3) is 0 Å². The van der Waals surface area contributed by atoms with Crippen molar-refractivity contribution in [3.05, 3.63) is 66.2 Å². The Morgan fingerprint density at radius 2 is 1.36 bits per heavy atom. The molecule has 22 heavy (non-hydrogen) atoms. The molecular weight excluding hydrogens is 274 g/mol. The number of hydrogen-bond donors (Lipinski definition) is 1. The van der Waals surface area contributed by atoms with E-state index in [1.807, 2.05) is 60.7 Å². The third kappa shape index (κ3) is 5.92. The quantitative estimate of drug-likeness (QED) is 0.748. The van der Waals surface area contributed by atoms with Gasteiger partial charge in [0.05, 0.1) is 0 Å². The second kappa shape index (κ2) is 8.78. The van der Waals surface area contributed by atoms with Crippen LogP contribution in [-0.2, 0) is 16.0 Å². The largest absolute Gasteiger partial charge is 0.326 e.